The fourth-order valence-electron chi connectivity index (χ4n) is 5.87. The number of carbonyl (C=O) groups excluding carboxylic acids is 5. The number of hydrogen-bond acceptors (Lipinski definition) is 17. The molecule has 1 heterocycles. The van der Waals surface area contributed by atoms with Gasteiger partial charge >= 0.3 is 29.8 Å². The van der Waals surface area contributed by atoms with Crippen molar-refractivity contribution in [2.45, 2.75) is 144 Å². The Morgan fingerprint density at radius 2 is 0.678 bits per heavy atom. The van der Waals surface area contributed by atoms with Gasteiger partial charge in [-0.25, -0.2) is 9.59 Å². The summed E-state index contributed by atoms with van der Waals surface area (Å²) in [5.74, 6) is -2.42. The van der Waals surface area contributed by atoms with Crippen molar-refractivity contribution in [2.75, 3.05) is 98.4 Å². The van der Waals surface area contributed by atoms with Crippen molar-refractivity contribution in [1.82, 2.24) is 19.6 Å². The lowest BCUT2D eigenvalue weighted by Gasteiger charge is -2.38. The summed E-state index contributed by atoms with van der Waals surface area (Å²) in [4.78, 5) is 72.2. The lowest BCUT2D eigenvalue weighted by molar-refractivity contribution is -0.164. The van der Waals surface area contributed by atoms with Crippen LogP contribution in [0.25, 0.3) is 0 Å². The molecule has 0 radical (unpaired) electrons. The summed E-state index contributed by atoms with van der Waals surface area (Å²) in [5, 5.41) is 11.7. The minimum absolute atomic E-state index is 0.00347. The molecule has 0 bridgehead atoms. The van der Waals surface area contributed by atoms with Crippen molar-refractivity contribution in [2.24, 2.45) is 0 Å². The summed E-state index contributed by atoms with van der Waals surface area (Å²) in [7, 11) is 0. The average molecular weight is 847 g/mol. The van der Waals surface area contributed by atoms with Gasteiger partial charge in [0.15, 0.2) is 0 Å². The third-order valence-corrected chi connectivity index (χ3v) is 7.96. The predicted octanol–water partition coefficient (Wildman–Crippen LogP) is 2.68. The first-order valence-corrected chi connectivity index (χ1v) is 20.6. The van der Waals surface area contributed by atoms with Gasteiger partial charge in [0.1, 0.15) is 41.2 Å². The van der Waals surface area contributed by atoms with Gasteiger partial charge in [-0.05, 0) is 104 Å². The van der Waals surface area contributed by atoms with Crippen LogP contribution in [0.1, 0.15) is 104 Å². The third kappa shape index (κ3) is 28.3. The molecule has 0 saturated carbocycles. The first-order valence-electron chi connectivity index (χ1n) is 20.6. The zero-order valence-electron chi connectivity index (χ0n) is 38.9. The predicted molar refractivity (Wildman–Crippen MR) is 222 cm³/mol. The first-order chi connectivity index (χ1) is 26.8. The molecule has 2 atom stereocenters. The molecule has 1 fully saturated rings. The number of carbonyl (C=O) groups is 5. The molecule has 1 saturated heterocycles. The van der Waals surface area contributed by atoms with Gasteiger partial charge in [0.25, 0.3) is 0 Å². The highest BCUT2D eigenvalue weighted by atomic mass is 16.6. The van der Waals surface area contributed by atoms with Gasteiger partial charge in [-0.2, -0.15) is 0 Å². The normalized spacial score (nSPS) is 17.8. The number of aliphatic hydroxyl groups excluding tert-OH is 1. The number of hydrogen-bond donors (Lipinski definition) is 1. The molecule has 0 spiro atoms. The first kappa shape index (κ1) is 54.1. The summed E-state index contributed by atoms with van der Waals surface area (Å²) < 4.78 is 39.3. The number of ether oxygens (including phenoxy) is 7. The monoisotopic (exact) mass is 847 g/mol. The summed E-state index contributed by atoms with van der Waals surface area (Å²) in [6.45, 7) is 28.1. The summed E-state index contributed by atoms with van der Waals surface area (Å²) in [6.07, 6.45) is -1.22. The van der Waals surface area contributed by atoms with Crippen molar-refractivity contribution in [1.29, 1.82) is 0 Å². The molecule has 1 N–H and O–H groups in total. The van der Waals surface area contributed by atoms with E-state index in [2.05, 4.69) is 0 Å². The fraction of sp³-hybridized carbons (Fsp3) is 0.881. The Morgan fingerprint density at radius 1 is 0.424 bits per heavy atom. The molecule has 59 heavy (non-hydrogen) atoms. The summed E-state index contributed by atoms with van der Waals surface area (Å²) in [6, 6.07) is -0.783. The molecule has 0 amide bonds. The Kier molecular flexibility index (Phi) is 21.9. The van der Waals surface area contributed by atoms with E-state index in [0.29, 0.717) is 52.4 Å². The molecular weight excluding hydrogens is 768 g/mol. The quantitative estimate of drug-likeness (QED) is 0.177. The molecule has 0 aromatic rings. The Hall–Kier alpha value is -2.93. The van der Waals surface area contributed by atoms with E-state index in [-0.39, 0.29) is 39.5 Å². The molecular formula is C42H78N4O13. The molecule has 344 valence electrons. The average Bonchev–Trinajstić information content (AvgIpc) is 2.99. The highest BCUT2D eigenvalue weighted by molar-refractivity contribution is 5.73. The summed E-state index contributed by atoms with van der Waals surface area (Å²) in [5.41, 5.74) is -3.56. The van der Waals surface area contributed by atoms with Crippen molar-refractivity contribution in [3.05, 3.63) is 0 Å². The minimum atomic E-state index is -1.22. The molecule has 17 heteroatoms. The van der Waals surface area contributed by atoms with E-state index in [4.69, 9.17) is 33.2 Å². The van der Waals surface area contributed by atoms with E-state index in [1.54, 1.807) is 104 Å². The van der Waals surface area contributed by atoms with Crippen LogP contribution in [0.3, 0.4) is 0 Å². The topological polar surface area (TPSA) is 183 Å². The van der Waals surface area contributed by atoms with Gasteiger partial charge in [0.2, 0.25) is 0 Å². The van der Waals surface area contributed by atoms with E-state index in [1.165, 1.54) is 0 Å². The van der Waals surface area contributed by atoms with Gasteiger partial charge in [-0.1, -0.05) is 0 Å². The van der Waals surface area contributed by atoms with Gasteiger partial charge in [0.05, 0.1) is 45.0 Å². The molecule has 0 aromatic carbocycles. The number of aliphatic hydroxyl groups is 1. The Morgan fingerprint density at radius 3 is 0.966 bits per heavy atom. The largest absolute Gasteiger partial charge is 0.459 e. The van der Waals surface area contributed by atoms with Gasteiger partial charge in [-0.15, -0.1) is 0 Å². The van der Waals surface area contributed by atoms with Crippen LogP contribution in [0.5, 0.6) is 0 Å². The van der Waals surface area contributed by atoms with E-state index >= 15 is 0 Å². The second-order valence-corrected chi connectivity index (χ2v) is 20.0. The van der Waals surface area contributed by atoms with Crippen LogP contribution >= 0.6 is 0 Å². The Labute approximate surface area is 353 Å². The Balaban J connectivity index is 3.58. The standard InChI is InChI=1S/C42H78N4O13/c1-38(2,3)55-33(48)24-43-16-18-44(25-34(49)56-39(4,5)6)20-22-46(23-21-45(19-17-43)26-35(50)57-40(7,8)9)31(27-53-29-36(51)58-41(10,11)12)32(47)28-54-30-37(52)59-42(13,14)15/h31-32,47H,16-30H2,1-15H3/t31-,32-/m1/s1. The van der Waals surface area contributed by atoms with Crippen LogP contribution in [0.4, 0.5) is 0 Å². The maximum Gasteiger partial charge on any atom is 0.332 e. The van der Waals surface area contributed by atoms with Crippen LogP contribution in [0, 0.1) is 0 Å². The van der Waals surface area contributed by atoms with Crippen molar-refractivity contribution < 1.29 is 62.2 Å². The maximum absolute atomic E-state index is 13.2. The van der Waals surface area contributed by atoms with Gasteiger partial charge in [-0.3, -0.25) is 34.0 Å². The lowest BCUT2D eigenvalue weighted by atomic mass is 10.1. The fourth-order valence-corrected chi connectivity index (χ4v) is 5.87. The second-order valence-electron chi connectivity index (χ2n) is 20.0. The van der Waals surface area contributed by atoms with Crippen molar-refractivity contribution in [3.63, 3.8) is 0 Å². The van der Waals surface area contributed by atoms with E-state index in [1.807, 2.05) is 19.6 Å². The molecule has 0 aromatic heterocycles. The summed E-state index contributed by atoms with van der Waals surface area (Å²) >= 11 is 0. The molecule has 1 aliphatic heterocycles. The smallest absolute Gasteiger partial charge is 0.332 e. The number of rotatable bonds is 16. The van der Waals surface area contributed by atoms with Gasteiger partial charge < -0.3 is 38.3 Å². The van der Waals surface area contributed by atoms with Crippen LogP contribution < -0.4 is 0 Å². The molecule has 0 aliphatic carbocycles. The van der Waals surface area contributed by atoms with Crippen LogP contribution in [-0.4, -0.2) is 193 Å². The third-order valence-electron chi connectivity index (χ3n) is 7.96. The molecule has 0 unspecified atom stereocenters. The number of nitrogens with zero attached hydrogens (tertiary/aromatic N) is 4. The lowest BCUT2D eigenvalue weighted by Crippen LogP contribution is -2.55. The zero-order valence-corrected chi connectivity index (χ0v) is 38.9. The minimum Gasteiger partial charge on any atom is -0.459 e. The van der Waals surface area contributed by atoms with Gasteiger partial charge in [0, 0.05) is 52.4 Å². The molecule has 1 aliphatic rings. The maximum atomic E-state index is 13.2. The van der Waals surface area contributed by atoms with E-state index in [9.17, 15) is 29.1 Å². The zero-order chi connectivity index (χ0) is 45.4. The SMILES string of the molecule is CC(C)(C)OC(=O)COC[C@@H](O)[C@@H](COCC(=O)OC(C)(C)C)N1CCN(CC(=O)OC(C)(C)C)CCN(CC(=O)OC(C)(C)C)CCN(CC(=O)OC(C)(C)C)CC1. The van der Waals surface area contributed by atoms with Crippen LogP contribution in [-0.2, 0) is 57.1 Å². The molecule has 1 rings (SSSR count). The number of esters is 5. The second kappa shape index (κ2) is 23.9. The highest BCUT2D eigenvalue weighted by Crippen LogP contribution is 2.15. The van der Waals surface area contributed by atoms with Crippen molar-refractivity contribution >= 4 is 29.8 Å². The van der Waals surface area contributed by atoms with Crippen LogP contribution in [0.15, 0.2) is 0 Å². The highest BCUT2D eigenvalue weighted by Gasteiger charge is 2.31. The van der Waals surface area contributed by atoms with Crippen molar-refractivity contribution in [3.8, 4) is 0 Å². The van der Waals surface area contributed by atoms with E-state index in [0.717, 1.165) is 0 Å². The molecule has 17 nitrogen and oxygen atoms in total. The Bertz CT molecular complexity index is 1280. The van der Waals surface area contributed by atoms with E-state index < -0.39 is 76.6 Å². The van der Waals surface area contributed by atoms with Crippen LogP contribution in [0.2, 0.25) is 0 Å².